The molecular weight excluding hydrogens is 300 g/mol. The fourth-order valence-electron chi connectivity index (χ4n) is 2.91. The van der Waals surface area contributed by atoms with Crippen molar-refractivity contribution in [3.63, 3.8) is 0 Å². The lowest BCUT2D eigenvalue weighted by atomic mass is 9.97. The number of aliphatic hydroxyl groups excluding tert-OH is 1. The monoisotopic (exact) mass is 322 g/mol. The van der Waals surface area contributed by atoms with E-state index in [4.69, 9.17) is 23.7 Å². The normalized spacial score (nSPS) is 37.1. The van der Waals surface area contributed by atoms with Crippen molar-refractivity contribution in [1.29, 1.82) is 0 Å². The number of rotatable bonds is 5. The lowest BCUT2D eigenvalue weighted by Gasteiger charge is -2.47. The molecule has 0 saturated carbocycles. The molecule has 1 N–H and O–H groups in total. The minimum atomic E-state index is -0.948. The highest BCUT2D eigenvalue weighted by Crippen LogP contribution is 2.35. The third-order valence-corrected chi connectivity index (χ3v) is 4.02. The average Bonchev–Trinajstić information content (AvgIpc) is 2.61. The van der Waals surface area contributed by atoms with Gasteiger partial charge in [-0.2, -0.15) is 0 Å². The molecule has 0 aliphatic carbocycles. The molecule has 2 fully saturated rings. The smallest absolute Gasteiger partial charge is 0.186 e. The van der Waals surface area contributed by atoms with Gasteiger partial charge in [-0.25, -0.2) is 0 Å². The predicted molar refractivity (Wildman–Crippen MR) is 81.6 cm³/mol. The van der Waals surface area contributed by atoms with E-state index in [-0.39, 0.29) is 6.10 Å². The van der Waals surface area contributed by atoms with Crippen LogP contribution >= 0.6 is 0 Å². The number of hydrogen-bond donors (Lipinski definition) is 1. The van der Waals surface area contributed by atoms with Crippen LogP contribution in [0.3, 0.4) is 0 Å². The number of fused-ring (bicyclic) bond motifs is 1. The summed E-state index contributed by atoms with van der Waals surface area (Å²) in [4.78, 5) is 0. The summed E-state index contributed by atoms with van der Waals surface area (Å²) >= 11 is 0. The highest BCUT2D eigenvalue weighted by atomic mass is 16.8. The van der Waals surface area contributed by atoms with E-state index in [1.807, 2.05) is 30.3 Å². The summed E-state index contributed by atoms with van der Waals surface area (Å²) in [6.45, 7) is 4.29. The maximum absolute atomic E-state index is 10.4. The van der Waals surface area contributed by atoms with Crippen molar-refractivity contribution in [3.05, 3.63) is 48.6 Å². The minimum Gasteiger partial charge on any atom is -0.385 e. The Morgan fingerprint density at radius 3 is 2.78 bits per heavy atom. The van der Waals surface area contributed by atoms with Crippen LogP contribution in [0, 0.1) is 0 Å². The number of benzene rings is 1. The minimum absolute atomic E-state index is 0.307. The van der Waals surface area contributed by atoms with Gasteiger partial charge in [-0.15, -0.1) is 6.58 Å². The lowest BCUT2D eigenvalue weighted by molar-refractivity contribution is -0.362. The Kier molecular flexibility index (Phi) is 5.42. The van der Waals surface area contributed by atoms with E-state index >= 15 is 0 Å². The number of ether oxygens (including phenoxy) is 5. The highest BCUT2D eigenvalue weighted by Gasteiger charge is 2.50. The fraction of sp³-hybridized carbons (Fsp3) is 0.529. The summed E-state index contributed by atoms with van der Waals surface area (Å²) in [6.07, 6.45) is -1.99. The first kappa shape index (κ1) is 16.6. The second kappa shape index (κ2) is 7.53. The quantitative estimate of drug-likeness (QED) is 0.827. The van der Waals surface area contributed by atoms with Gasteiger partial charge in [0.2, 0.25) is 0 Å². The first-order valence-corrected chi connectivity index (χ1v) is 7.65. The van der Waals surface area contributed by atoms with Crippen LogP contribution in [0.2, 0.25) is 0 Å². The van der Waals surface area contributed by atoms with Gasteiger partial charge in [0.25, 0.3) is 0 Å². The lowest BCUT2D eigenvalue weighted by Crippen LogP contribution is -2.62. The third kappa shape index (κ3) is 3.47. The zero-order chi connectivity index (χ0) is 16.2. The van der Waals surface area contributed by atoms with E-state index in [2.05, 4.69) is 6.58 Å². The van der Waals surface area contributed by atoms with Crippen LogP contribution < -0.4 is 0 Å². The molecule has 0 bridgehead atoms. The van der Waals surface area contributed by atoms with Crippen molar-refractivity contribution in [2.75, 3.05) is 20.3 Å². The Bertz CT molecular complexity index is 507. The van der Waals surface area contributed by atoms with Crippen molar-refractivity contribution in [2.24, 2.45) is 0 Å². The van der Waals surface area contributed by atoms with Gasteiger partial charge >= 0.3 is 0 Å². The standard InChI is InChI=1S/C17H22O6/c1-3-9-20-15-13(18)17(19-2)22-12-10-21-16(23-14(12)15)11-7-5-4-6-8-11/h3-8,12-18H,1,9-10H2,2H3/t12-,13+,14-,15+,16-,17+/m1/s1. The van der Waals surface area contributed by atoms with E-state index in [0.29, 0.717) is 13.2 Å². The molecule has 126 valence electrons. The number of hydrogen-bond acceptors (Lipinski definition) is 6. The maximum Gasteiger partial charge on any atom is 0.186 e. The summed E-state index contributed by atoms with van der Waals surface area (Å²) in [5.41, 5.74) is 0.914. The first-order valence-electron chi connectivity index (χ1n) is 7.65. The molecule has 1 aromatic rings. The van der Waals surface area contributed by atoms with E-state index in [1.165, 1.54) is 7.11 Å². The Hall–Kier alpha value is -1.28. The van der Waals surface area contributed by atoms with Gasteiger partial charge in [-0.1, -0.05) is 36.4 Å². The third-order valence-electron chi connectivity index (χ3n) is 4.02. The van der Waals surface area contributed by atoms with Crippen molar-refractivity contribution in [1.82, 2.24) is 0 Å². The second-order valence-electron chi connectivity index (χ2n) is 5.53. The van der Waals surface area contributed by atoms with Gasteiger partial charge in [0.15, 0.2) is 12.6 Å². The zero-order valence-corrected chi connectivity index (χ0v) is 13.0. The molecule has 0 spiro atoms. The molecule has 6 atom stereocenters. The van der Waals surface area contributed by atoms with E-state index in [0.717, 1.165) is 5.56 Å². The highest BCUT2D eigenvalue weighted by molar-refractivity contribution is 5.16. The molecule has 2 aliphatic heterocycles. The summed E-state index contributed by atoms with van der Waals surface area (Å²) in [5, 5.41) is 10.4. The van der Waals surface area contributed by atoms with Gasteiger partial charge < -0.3 is 28.8 Å². The Balaban J connectivity index is 1.77. The van der Waals surface area contributed by atoms with Crippen molar-refractivity contribution >= 4 is 0 Å². The Labute approximate surface area is 135 Å². The molecule has 6 heteroatoms. The maximum atomic E-state index is 10.4. The van der Waals surface area contributed by atoms with Crippen LogP contribution in [0.25, 0.3) is 0 Å². The molecule has 1 aromatic carbocycles. The second-order valence-corrected chi connectivity index (χ2v) is 5.53. The van der Waals surface area contributed by atoms with Gasteiger partial charge in [-0.3, -0.25) is 0 Å². The van der Waals surface area contributed by atoms with Crippen LogP contribution in [0.4, 0.5) is 0 Å². The van der Waals surface area contributed by atoms with Crippen molar-refractivity contribution < 1.29 is 28.8 Å². The molecule has 2 saturated heterocycles. The van der Waals surface area contributed by atoms with Gasteiger partial charge in [0.1, 0.15) is 24.4 Å². The molecular formula is C17H22O6. The van der Waals surface area contributed by atoms with Crippen LogP contribution in [0.1, 0.15) is 11.9 Å². The van der Waals surface area contributed by atoms with E-state index in [1.54, 1.807) is 6.08 Å². The SMILES string of the molecule is C=CCO[C@H]1[C@H](O)[C@@H](OC)O[C@@H]2CO[C@@H](c3ccccc3)O[C@@H]12. The average molecular weight is 322 g/mol. The predicted octanol–water partition coefficient (Wildman–Crippen LogP) is 1.40. The van der Waals surface area contributed by atoms with Gasteiger partial charge in [-0.05, 0) is 0 Å². The number of methoxy groups -OCH3 is 1. The summed E-state index contributed by atoms with van der Waals surface area (Å²) in [5.74, 6) is 0. The first-order chi connectivity index (χ1) is 11.2. The molecule has 0 amide bonds. The molecule has 3 rings (SSSR count). The molecule has 0 radical (unpaired) electrons. The molecule has 23 heavy (non-hydrogen) atoms. The van der Waals surface area contributed by atoms with Gasteiger partial charge in [0.05, 0.1) is 13.2 Å². The van der Waals surface area contributed by atoms with Crippen LogP contribution in [0.15, 0.2) is 43.0 Å². The van der Waals surface area contributed by atoms with Gasteiger partial charge in [0, 0.05) is 12.7 Å². The molecule has 0 aromatic heterocycles. The van der Waals surface area contributed by atoms with Crippen LogP contribution in [0.5, 0.6) is 0 Å². The topological polar surface area (TPSA) is 66.4 Å². The van der Waals surface area contributed by atoms with Crippen molar-refractivity contribution in [2.45, 2.75) is 37.0 Å². The van der Waals surface area contributed by atoms with Crippen LogP contribution in [-0.2, 0) is 23.7 Å². The number of aliphatic hydroxyl groups is 1. The molecule has 2 aliphatic rings. The molecule has 2 heterocycles. The summed E-state index contributed by atoms with van der Waals surface area (Å²) in [6, 6.07) is 9.65. The van der Waals surface area contributed by atoms with Crippen LogP contribution in [-0.4, -0.2) is 56.1 Å². The Morgan fingerprint density at radius 1 is 1.30 bits per heavy atom. The van der Waals surface area contributed by atoms with E-state index in [9.17, 15) is 5.11 Å². The Morgan fingerprint density at radius 2 is 2.09 bits per heavy atom. The zero-order valence-electron chi connectivity index (χ0n) is 13.0. The summed E-state index contributed by atoms with van der Waals surface area (Å²) in [7, 11) is 1.48. The van der Waals surface area contributed by atoms with Crippen molar-refractivity contribution in [3.8, 4) is 0 Å². The molecule has 6 nitrogen and oxygen atoms in total. The van der Waals surface area contributed by atoms with E-state index < -0.39 is 30.9 Å². The molecule has 0 unspecified atom stereocenters. The fourth-order valence-corrected chi connectivity index (χ4v) is 2.91. The summed E-state index contributed by atoms with van der Waals surface area (Å²) < 4.78 is 28.4. The largest absolute Gasteiger partial charge is 0.385 e.